The standard InChI is InChI=1S/C14H30FNO4/c15-5-3-1-2-4-7-17-9-11-19-13-14-20-12-10-18-8-6-16/h1-14,16H2. The zero-order chi connectivity index (χ0) is 14.7. The van der Waals surface area contributed by atoms with E-state index in [9.17, 15) is 4.39 Å². The highest BCUT2D eigenvalue weighted by atomic mass is 19.1. The molecule has 0 aliphatic carbocycles. The van der Waals surface area contributed by atoms with Crippen molar-refractivity contribution in [1.29, 1.82) is 0 Å². The maximum Gasteiger partial charge on any atom is 0.0894 e. The van der Waals surface area contributed by atoms with Gasteiger partial charge in [-0.05, 0) is 12.8 Å². The van der Waals surface area contributed by atoms with E-state index in [2.05, 4.69) is 0 Å². The van der Waals surface area contributed by atoms with Crippen molar-refractivity contribution in [2.24, 2.45) is 5.73 Å². The largest absolute Gasteiger partial charge is 0.379 e. The molecule has 0 aromatic rings. The third-order valence-corrected chi connectivity index (χ3v) is 2.55. The molecule has 0 atom stereocenters. The second-order valence-corrected chi connectivity index (χ2v) is 4.34. The van der Waals surface area contributed by atoms with Gasteiger partial charge in [0.25, 0.3) is 0 Å². The molecule has 0 bridgehead atoms. The van der Waals surface area contributed by atoms with Crippen LogP contribution in [0.25, 0.3) is 0 Å². The minimum Gasteiger partial charge on any atom is -0.379 e. The summed E-state index contributed by atoms with van der Waals surface area (Å²) in [5.74, 6) is 0. The van der Waals surface area contributed by atoms with Crippen molar-refractivity contribution in [3.63, 3.8) is 0 Å². The molecule has 6 heteroatoms. The summed E-state index contributed by atoms with van der Waals surface area (Å²) in [4.78, 5) is 0. The van der Waals surface area contributed by atoms with Crippen LogP contribution in [0, 0.1) is 0 Å². The molecule has 0 saturated heterocycles. The molecule has 0 aliphatic heterocycles. The van der Waals surface area contributed by atoms with Gasteiger partial charge in [-0.1, -0.05) is 12.8 Å². The summed E-state index contributed by atoms with van der Waals surface area (Å²) in [6, 6.07) is 0. The first-order valence-corrected chi connectivity index (χ1v) is 7.48. The van der Waals surface area contributed by atoms with Crippen LogP contribution < -0.4 is 5.73 Å². The van der Waals surface area contributed by atoms with Gasteiger partial charge in [0.15, 0.2) is 0 Å². The van der Waals surface area contributed by atoms with E-state index in [0.29, 0.717) is 59.2 Å². The summed E-state index contributed by atoms with van der Waals surface area (Å²) >= 11 is 0. The van der Waals surface area contributed by atoms with Gasteiger partial charge in [-0.15, -0.1) is 0 Å². The second kappa shape index (κ2) is 18.7. The molecular formula is C14H30FNO4. The maximum atomic E-state index is 11.8. The van der Waals surface area contributed by atoms with Crippen molar-refractivity contribution in [2.45, 2.75) is 25.7 Å². The Balaban J connectivity index is 2.89. The molecule has 0 heterocycles. The van der Waals surface area contributed by atoms with Crippen LogP contribution in [0.15, 0.2) is 0 Å². The lowest BCUT2D eigenvalue weighted by Gasteiger charge is -2.07. The predicted molar refractivity (Wildman–Crippen MR) is 76.8 cm³/mol. The summed E-state index contributed by atoms with van der Waals surface area (Å²) in [5, 5.41) is 0. The third-order valence-electron chi connectivity index (χ3n) is 2.55. The minimum absolute atomic E-state index is 0.212. The second-order valence-electron chi connectivity index (χ2n) is 4.34. The van der Waals surface area contributed by atoms with E-state index < -0.39 is 0 Å². The molecule has 0 aromatic carbocycles. The zero-order valence-electron chi connectivity index (χ0n) is 12.5. The Labute approximate surface area is 121 Å². The van der Waals surface area contributed by atoms with Crippen LogP contribution in [0.4, 0.5) is 4.39 Å². The molecule has 122 valence electrons. The van der Waals surface area contributed by atoms with E-state index in [1.807, 2.05) is 0 Å². The van der Waals surface area contributed by atoms with E-state index in [4.69, 9.17) is 24.7 Å². The highest BCUT2D eigenvalue weighted by Gasteiger charge is 1.93. The van der Waals surface area contributed by atoms with Crippen molar-refractivity contribution in [2.75, 3.05) is 66.1 Å². The molecule has 5 nitrogen and oxygen atoms in total. The highest BCUT2D eigenvalue weighted by molar-refractivity contribution is 4.42. The molecule has 0 saturated carbocycles. The number of alkyl halides is 1. The predicted octanol–water partition coefficient (Wildman–Crippen LogP) is 1.54. The number of halogens is 1. The Hall–Kier alpha value is -0.270. The van der Waals surface area contributed by atoms with Gasteiger partial charge in [-0.25, -0.2) is 0 Å². The summed E-state index contributed by atoms with van der Waals surface area (Å²) in [6.07, 6.45) is 3.64. The molecule has 0 unspecified atom stereocenters. The lowest BCUT2D eigenvalue weighted by Crippen LogP contribution is -2.14. The van der Waals surface area contributed by atoms with Gasteiger partial charge in [0.05, 0.1) is 52.9 Å². The molecule has 0 spiro atoms. The molecule has 2 N–H and O–H groups in total. The Bertz CT molecular complexity index is 157. The van der Waals surface area contributed by atoms with Crippen LogP contribution >= 0.6 is 0 Å². The number of hydrogen-bond acceptors (Lipinski definition) is 5. The van der Waals surface area contributed by atoms with Gasteiger partial charge in [0.1, 0.15) is 0 Å². The molecular weight excluding hydrogens is 265 g/mol. The normalized spacial score (nSPS) is 11.1. The molecule has 0 rings (SSSR count). The van der Waals surface area contributed by atoms with Crippen LogP contribution in [-0.2, 0) is 18.9 Å². The monoisotopic (exact) mass is 295 g/mol. The quantitative estimate of drug-likeness (QED) is 0.412. The summed E-state index contributed by atoms with van der Waals surface area (Å²) < 4.78 is 33.0. The average molecular weight is 295 g/mol. The smallest absolute Gasteiger partial charge is 0.0894 e. The van der Waals surface area contributed by atoms with Crippen molar-refractivity contribution in [1.82, 2.24) is 0 Å². The molecule has 20 heavy (non-hydrogen) atoms. The van der Waals surface area contributed by atoms with Crippen LogP contribution in [0.3, 0.4) is 0 Å². The summed E-state index contributed by atoms with van der Waals surface area (Å²) in [5.41, 5.74) is 5.28. The fourth-order valence-electron chi connectivity index (χ4n) is 1.50. The fraction of sp³-hybridized carbons (Fsp3) is 1.00. The van der Waals surface area contributed by atoms with Crippen LogP contribution in [0.1, 0.15) is 25.7 Å². The van der Waals surface area contributed by atoms with Gasteiger partial charge in [0.2, 0.25) is 0 Å². The van der Waals surface area contributed by atoms with Gasteiger partial charge in [-0.2, -0.15) is 0 Å². The molecule has 0 amide bonds. The minimum atomic E-state index is -0.212. The van der Waals surface area contributed by atoms with E-state index in [1.165, 1.54) is 0 Å². The van der Waals surface area contributed by atoms with Gasteiger partial charge >= 0.3 is 0 Å². The molecule has 0 fully saturated rings. The lowest BCUT2D eigenvalue weighted by molar-refractivity contribution is -0.00135. The molecule has 0 aromatic heterocycles. The van der Waals surface area contributed by atoms with E-state index in [-0.39, 0.29) is 6.67 Å². The average Bonchev–Trinajstić information content (AvgIpc) is 2.47. The highest BCUT2D eigenvalue weighted by Crippen LogP contribution is 2.00. The number of unbranched alkanes of at least 4 members (excludes halogenated alkanes) is 3. The van der Waals surface area contributed by atoms with Crippen LogP contribution in [-0.4, -0.2) is 66.1 Å². The first kappa shape index (κ1) is 19.7. The topological polar surface area (TPSA) is 62.9 Å². The molecule has 0 aliphatic rings. The van der Waals surface area contributed by atoms with Crippen LogP contribution in [0.2, 0.25) is 0 Å². The third kappa shape index (κ3) is 17.7. The lowest BCUT2D eigenvalue weighted by atomic mass is 10.2. The zero-order valence-corrected chi connectivity index (χ0v) is 12.5. The SMILES string of the molecule is NCCOCCOCCOCCOCCCCCCF. The number of ether oxygens (including phenoxy) is 4. The van der Waals surface area contributed by atoms with E-state index in [0.717, 1.165) is 25.9 Å². The first-order valence-electron chi connectivity index (χ1n) is 7.48. The number of nitrogens with two attached hydrogens (primary N) is 1. The van der Waals surface area contributed by atoms with Crippen molar-refractivity contribution < 1.29 is 23.3 Å². The van der Waals surface area contributed by atoms with E-state index in [1.54, 1.807) is 0 Å². The van der Waals surface area contributed by atoms with Gasteiger partial charge in [0, 0.05) is 13.2 Å². The Morgan fingerprint density at radius 3 is 1.50 bits per heavy atom. The Morgan fingerprint density at radius 2 is 1.00 bits per heavy atom. The molecule has 0 radical (unpaired) electrons. The summed E-state index contributed by atoms with van der Waals surface area (Å²) in [7, 11) is 0. The first-order chi connectivity index (χ1) is 9.91. The van der Waals surface area contributed by atoms with Gasteiger partial charge < -0.3 is 24.7 Å². The summed E-state index contributed by atoms with van der Waals surface area (Å²) in [6.45, 7) is 5.08. The van der Waals surface area contributed by atoms with Gasteiger partial charge in [-0.3, -0.25) is 4.39 Å². The maximum absolute atomic E-state index is 11.8. The Morgan fingerprint density at radius 1 is 0.550 bits per heavy atom. The van der Waals surface area contributed by atoms with Crippen molar-refractivity contribution in [3.8, 4) is 0 Å². The van der Waals surface area contributed by atoms with Crippen LogP contribution in [0.5, 0.6) is 0 Å². The van der Waals surface area contributed by atoms with Crippen molar-refractivity contribution >= 4 is 0 Å². The Kier molecular flexibility index (Phi) is 18.5. The number of rotatable bonds is 17. The van der Waals surface area contributed by atoms with E-state index >= 15 is 0 Å². The number of hydrogen-bond donors (Lipinski definition) is 1. The fourth-order valence-corrected chi connectivity index (χ4v) is 1.50. The van der Waals surface area contributed by atoms with Crippen molar-refractivity contribution in [3.05, 3.63) is 0 Å².